The molecule has 0 aliphatic rings. The molecule has 0 saturated carbocycles. The Bertz CT molecular complexity index is 1450. The van der Waals surface area contributed by atoms with E-state index >= 15 is 0 Å². The average Bonchev–Trinajstić information content (AvgIpc) is 3.35. The van der Waals surface area contributed by atoms with E-state index in [4.69, 9.17) is 12.2 Å². The van der Waals surface area contributed by atoms with Crippen molar-refractivity contribution in [3.63, 3.8) is 0 Å². The van der Waals surface area contributed by atoms with E-state index in [1.807, 2.05) is 0 Å². The first-order valence-electron chi connectivity index (χ1n) is 10.8. The lowest BCUT2D eigenvalue weighted by atomic mass is 10.1. The van der Waals surface area contributed by atoms with Crippen LogP contribution in [-0.2, 0) is 0 Å². The molecular weight excluding hydrogens is 550 g/mol. The highest BCUT2D eigenvalue weighted by molar-refractivity contribution is 7.80. The summed E-state index contributed by atoms with van der Waals surface area (Å²) in [5.41, 5.74) is 4.32. The third-order valence-corrected chi connectivity index (χ3v) is 4.93. The molecule has 8 nitrogen and oxygen atoms in total. The molecule has 0 atom stereocenters. The minimum atomic E-state index is -4.86. The van der Waals surface area contributed by atoms with Gasteiger partial charge in [-0.2, -0.15) is 5.10 Å². The van der Waals surface area contributed by atoms with E-state index in [0.717, 1.165) is 6.07 Å². The molecule has 0 aliphatic heterocycles. The summed E-state index contributed by atoms with van der Waals surface area (Å²) in [5, 5.41) is 10.8. The zero-order valence-corrected chi connectivity index (χ0v) is 20.2. The maximum Gasteiger partial charge on any atom is 0.573 e. The SMILES string of the molecule is FC(F)(F)Oc1ccc(-n2cnc(-c3ccc(C=NNC(=S)Nc4ccccc4OC(F)(F)F)cc3)n2)cc1. The number of nitrogens with zero attached hydrogens (tertiary/aromatic N) is 4. The highest BCUT2D eigenvalue weighted by atomic mass is 32.1. The number of benzene rings is 3. The molecule has 15 heteroatoms. The maximum absolute atomic E-state index is 12.6. The first kappa shape index (κ1) is 27.4. The third kappa shape index (κ3) is 8.16. The molecule has 0 radical (unpaired) electrons. The number of halogens is 6. The quantitative estimate of drug-likeness (QED) is 0.122. The molecule has 0 unspecified atom stereocenters. The summed E-state index contributed by atoms with van der Waals surface area (Å²) in [5.74, 6) is -0.426. The molecule has 0 saturated heterocycles. The van der Waals surface area contributed by atoms with E-state index in [0.29, 0.717) is 22.6 Å². The first-order chi connectivity index (χ1) is 18.4. The summed E-state index contributed by atoms with van der Waals surface area (Å²) in [6, 6.07) is 17.5. The van der Waals surface area contributed by atoms with Gasteiger partial charge in [-0.25, -0.2) is 9.67 Å². The van der Waals surface area contributed by atoms with Gasteiger partial charge in [0.05, 0.1) is 17.6 Å². The molecule has 0 fully saturated rings. The summed E-state index contributed by atoms with van der Waals surface area (Å²) < 4.78 is 83.8. The molecule has 39 heavy (non-hydrogen) atoms. The van der Waals surface area contributed by atoms with Crippen LogP contribution < -0.4 is 20.2 Å². The zero-order valence-electron chi connectivity index (χ0n) is 19.4. The number of aromatic nitrogens is 3. The second-order valence-corrected chi connectivity index (χ2v) is 7.95. The lowest BCUT2D eigenvalue weighted by Crippen LogP contribution is -2.25. The van der Waals surface area contributed by atoms with Crippen LogP contribution in [0.3, 0.4) is 0 Å². The van der Waals surface area contributed by atoms with Crippen molar-refractivity contribution >= 4 is 29.2 Å². The highest BCUT2D eigenvalue weighted by Crippen LogP contribution is 2.30. The van der Waals surface area contributed by atoms with Crippen LogP contribution in [0.1, 0.15) is 5.56 Å². The summed E-state index contributed by atoms with van der Waals surface area (Å²) >= 11 is 5.06. The Morgan fingerprint density at radius 2 is 1.54 bits per heavy atom. The number of ether oxygens (including phenoxy) is 2. The van der Waals surface area contributed by atoms with Crippen molar-refractivity contribution in [2.24, 2.45) is 5.10 Å². The van der Waals surface area contributed by atoms with Gasteiger partial charge in [-0.05, 0) is 54.2 Å². The number of hydrogen-bond donors (Lipinski definition) is 2. The van der Waals surface area contributed by atoms with Crippen LogP contribution in [0.15, 0.2) is 84.2 Å². The second kappa shape index (κ2) is 11.4. The molecule has 0 spiro atoms. The van der Waals surface area contributed by atoms with Gasteiger partial charge in [0, 0.05) is 5.56 Å². The van der Waals surface area contributed by atoms with Crippen molar-refractivity contribution in [3.8, 4) is 28.6 Å². The fraction of sp³-hybridized carbons (Fsp3) is 0.0833. The van der Waals surface area contributed by atoms with Gasteiger partial charge >= 0.3 is 12.7 Å². The minimum Gasteiger partial charge on any atom is -0.406 e. The zero-order chi connectivity index (χ0) is 28.0. The summed E-state index contributed by atoms with van der Waals surface area (Å²) in [6.45, 7) is 0. The fourth-order valence-corrected chi connectivity index (χ4v) is 3.30. The summed E-state index contributed by atoms with van der Waals surface area (Å²) in [7, 11) is 0. The van der Waals surface area contributed by atoms with E-state index in [9.17, 15) is 26.3 Å². The topological polar surface area (TPSA) is 85.6 Å². The largest absolute Gasteiger partial charge is 0.573 e. The van der Waals surface area contributed by atoms with Crippen molar-refractivity contribution in [2.45, 2.75) is 12.7 Å². The maximum atomic E-state index is 12.6. The molecule has 0 aliphatic carbocycles. The third-order valence-electron chi connectivity index (χ3n) is 4.74. The predicted molar refractivity (Wildman–Crippen MR) is 134 cm³/mol. The Morgan fingerprint density at radius 1 is 0.872 bits per heavy atom. The monoisotopic (exact) mass is 566 g/mol. The van der Waals surface area contributed by atoms with Gasteiger partial charge in [0.1, 0.15) is 12.1 Å². The second-order valence-electron chi connectivity index (χ2n) is 7.54. The van der Waals surface area contributed by atoms with E-state index in [-0.39, 0.29) is 16.5 Å². The summed E-state index contributed by atoms with van der Waals surface area (Å²) in [6.07, 6.45) is -6.78. The van der Waals surface area contributed by atoms with Crippen LogP contribution in [0.25, 0.3) is 17.1 Å². The number of alkyl halides is 6. The van der Waals surface area contributed by atoms with Gasteiger partial charge in [-0.3, -0.25) is 5.43 Å². The molecule has 0 bridgehead atoms. The Kier molecular flexibility index (Phi) is 7.99. The first-order valence-corrected chi connectivity index (χ1v) is 11.2. The summed E-state index contributed by atoms with van der Waals surface area (Å²) in [4.78, 5) is 4.22. The lowest BCUT2D eigenvalue weighted by Gasteiger charge is -2.14. The van der Waals surface area contributed by atoms with Gasteiger partial charge in [-0.1, -0.05) is 36.4 Å². The number of hydrazone groups is 1. The standard InChI is InChI=1S/C24H16F6N6O2S/c25-23(26,27)37-18-11-9-17(10-12-18)36-14-31-21(35-36)16-7-5-15(6-8-16)13-32-34-22(39)33-19-3-1-2-4-20(19)38-24(28,29)30/h1-14H,(H2,33,34,39). The molecule has 4 aromatic rings. The van der Waals surface area contributed by atoms with Crippen LogP contribution in [0.2, 0.25) is 0 Å². The molecule has 4 rings (SSSR count). The Morgan fingerprint density at radius 3 is 2.21 bits per heavy atom. The fourth-order valence-electron chi connectivity index (χ4n) is 3.14. The smallest absolute Gasteiger partial charge is 0.406 e. The van der Waals surface area contributed by atoms with E-state index < -0.39 is 18.5 Å². The van der Waals surface area contributed by atoms with Crippen LogP contribution in [-0.4, -0.2) is 38.8 Å². The predicted octanol–water partition coefficient (Wildman–Crippen LogP) is 6.05. The molecule has 1 aromatic heterocycles. The molecule has 1 heterocycles. The molecule has 202 valence electrons. The van der Waals surface area contributed by atoms with Crippen LogP contribution in [0.5, 0.6) is 11.5 Å². The Hall–Kier alpha value is -4.66. The minimum absolute atomic E-state index is 0.00407. The van der Waals surface area contributed by atoms with Gasteiger partial charge in [0.25, 0.3) is 0 Å². The van der Waals surface area contributed by atoms with Crippen molar-refractivity contribution in [1.82, 2.24) is 20.2 Å². The molecule has 0 amide bonds. The van der Waals surface area contributed by atoms with Gasteiger partial charge in [-0.15, -0.1) is 31.4 Å². The van der Waals surface area contributed by atoms with Crippen molar-refractivity contribution in [2.75, 3.05) is 5.32 Å². The number of rotatable bonds is 7. The average molecular weight is 566 g/mol. The molecule has 2 N–H and O–H groups in total. The Balaban J connectivity index is 1.34. The van der Waals surface area contributed by atoms with E-state index in [1.165, 1.54) is 59.7 Å². The van der Waals surface area contributed by atoms with Crippen molar-refractivity contribution in [3.05, 3.63) is 84.7 Å². The van der Waals surface area contributed by atoms with E-state index in [1.54, 1.807) is 24.3 Å². The number of hydrogen-bond acceptors (Lipinski definition) is 6. The van der Waals surface area contributed by atoms with Crippen LogP contribution in [0.4, 0.5) is 32.0 Å². The lowest BCUT2D eigenvalue weighted by molar-refractivity contribution is -0.275. The van der Waals surface area contributed by atoms with Crippen LogP contribution in [0, 0.1) is 0 Å². The van der Waals surface area contributed by atoms with Crippen molar-refractivity contribution < 1.29 is 35.8 Å². The number of para-hydroxylation sites is 2. The van der Waals surface area contributed by atoms with Gasteiger partial charge < -0.3 is 14.8 Å². The molecular formula is C24H16F6N6O2S. The number of nitrogens with one attached hydrogen (secondary N) is 2. The van der Waals surface area contributed by atoms with Crippen molar-refractivity contribution in [1.29, 1.82) is 0 Å². The van der Waals surface area contributed by atoms with Crippen LogP contribution >= 0.6 is 12.2 Å². The van der Waals surface area contributed by atoms with Gasteiger partial charge in [0.15, 0.2) is 16.7 Å². The number of anilines is 1. The Labute approximate surface area is 221 Å². The normalized spacial score (nSPS) is 11.8. The molecule has 3 aromatic carbocycles. The number of thiocarbonyl (C=S) groups is 1. The van der Waals surface area contributed by atoms with Gasteiger partial charge in [0.2, 0.25) is 0 Å². The van der Waals surface area contributed by atoms with E-state index in [2.05, 4.69) is 35.4 Å². The highest BCUT2D eigenvalue weighted by Gasteiger charge is 2.32.